The topological polar surface area (TPSA) is 46.5 Å². The van der Waals surface area contributed by atoms with Crippen molar-refractivity contribution in [1.82, 2.24) is 0 Å². The van der Waals surface area contributed by atoms with Crippen LogP contribution < -0.4 is 4.74 Å². The van der Waals surface area contributed by atoms with Crippen molar-refractivity contribution in [3.8, 4) is 5.75 Å². The molecule has 0 amide bonds. The molecule has 1 atom stereocenters. The second-order valence-corrected chi connectivity index (χ2v) is 7.28. The van der Waals surface area contributed by atoms with Crippen molar-refractivity contribution in [2.75, 3.05) is 7.11 Å². The summed E-state index contributed by atoms with van der Waals surface area (Å²) in [5.41, 5.74) is 3.31. The summed E-state index contributed by atoms with van der Waals surface area (Å²) < 4.78 is 5.19. The Morgan fingerprint density at radius 3 is 2.48 bits per heavy atom. The SMILES string of the molecule is COc1ccc(C=Cc2ccsc2C(CC(=O)O)Cc2ccccc2)cc1. The minimum atomic E-state index is -0.769. The maximum atomic E-state index is 11.4. The van der Waals surface area contributed by atoms with Crippen LogP contribution in [0, 0.1) is 0 Å². The average molecular weight is 378 g/mol. The van der Waals surface area contributed by atoms with Gasteiger partial charge in [-0.15, -0.1) is 11.3 Å². The quantitative estimate of drug-likeness (QED) is 0.545. The Bertz CT molecular complexity index is 895. The van der Waals surface area contributed by atoms with Crippen molar-refractivity contribution in [2.24, 2.45) is 0 Å². The minimum Gasteiger partial charge on any atom is -0.497 e. The second kappa shape index (κ2) is 9.19. The highest BCUT2D eigenvalue weighted by Crippen LogP contribution is 2.33. The van der Waals surface area contributed by atoms with Crippen molar-refractivity contribution < 1.29 is 14.6 Å². The van der Waals surface area contributed by atoms with Crippen LogP contribution >= 0.6 is 11.3 Å². The molecule has 0 aliphatic carbocycles. The van der Waals surface area contributed by atoms with E-state index in [1.807, 2.05) is 53.9 Å². The van der Waals surface area contributed by atoms with Gasteiger partial charge in [0.25, 0.3) is 0 Å². The lowest BCUT2D eigenvalue weighted by molar-refractivity contribution is -0.137. The predicted octanol–water partition coefficient (Wildman–Crippen LogP) is 5.73. The van der Waals surface area contributed by atoms with E-state index in [2.05, 4.69) is 24.3 Å². The van der Waals surface area contributed by atoms with E-state index in [0.717, 1.165) is 33.7 Å². The van der Waals surface area contributed by atoms with Gasteiger partial charge < -0.3 is 9.84 Å². The molecular formula is C23H22O3S. The first-order chi connectivity index (χ1) is 13.2. The summed E-state index contributed by atoms with van der Waals surface area (Å²) in [5.74, 6) is 0.0163. The normalized spacial score (nSPS) is 12.2. The minimum absolute atomic E-state index is 0.0413. The lowest BCUT2D eigenvalue weighted by Gasteiger charge is -2.15. The number of methoxy groups -OCH3 is 1. The summed E-state index contributed by atoms with van der Waals surface area (Å²) in [7, 11) is 1.65. The zero-order chi connectivity index (χ0) is 19.1. The van der Waals surface area contributed by atoms with Crippen LogP contribution in [0.3, 0.4) is 0 Å². The smallest absolute Gasteiger partial charge is 0.304 e. The van der Waals surface area contributed by atoms with Crippen molar-refractivity contribution in [1.29, 1.82) is 0 Å². The highest BCUT2D eigenvalue weighted by Gasteiger charge is 2.20. The molecule has 0 radical (unpaired) electrons. The van der Waals surface area contributed by atoms with Crippen LogP contribution in [-0.2, 0) is 11.2 Å². The van der Waals surface area contributed by atoms with E-state index in [1.54, 1.807) is 18.4 Å². The van der Waals surface area contributed by atoms with Gasteiger partial charge in [-0.05, 0) is 46.7 Å². The Hall–Kier alpha value is -2.85. The molecule has 3 nitrogen and oxygen atoms in total. The van der Waals surface area contributed by atoms with Gasteiger partial charge in [-0.2, -0.15) is 0 Å². The Kier molecular flexibility index (Phi) is 6.44. The Labute approximate surface area is 163 Å². The number of carboxylic acids is 1. The van der Waals surface area contributed by atoms with Crippen LogP contribution in [0.4, 0.5) is 0 Å². The summed E-state index contributed by atoms with van der Waals surface area (Å²) in [6.45, 7) is 0. The van der Waals surface area contributed by atoms with E-state index < -0.39 is 5.97 Å². The fraction of sp³-hybridized carbons (Fsp3) is 0.174. The molecule has 138 valence electrons. The fourth-order valence-corrected chi connectivity index (χ4v) is 4.06. The molecule has 0 aliphatic rings. The van der Waals surface area contributed by atoms with Crippen molar-refractivity contribution in [3.63, 3.8) is 0 Å². The number of aliphatic carboxylic acids is 1. The maximum absolute atomic E-state index is 11.4. The van der Waals surface area contributed by atoms with Gasteiger partial charge in [0.05, 0.1) is 13.5 Å². The Balaban J connectivity index is 1.82. The van der Waals surface area contributed by atoms with Gasteiger partial charge in [0.2, 0.25) is 0 Å². The highest BCUT2D eigenvalue weighted by molar-refractivity contribution is 7.10. The van der Waals surface area contributed by atoms with Gasteiger partial charge in [0.15, 0.2) is 0 Å². The summed E-state index contributed by atoms with van der Waals surface area (Å²) in [4.78, 5) is 12.5. The van der Waals surface area contributed by atoms with Crippen molar-refractivity contribution >= 4 is 29.5 Å². The van der Waals surface area contributed by atoms with E-state index in [0.29, 0.717) is 0 Å². The van der Waals surface area contributed by atoms with E-state index in [1.165, 1.54) is 0 Å². The number of carboxylic acid groups (broad SMARTS) is 1. The predicted molar refractivity (Wildman–Crippen MR) is 111 cm³/mol. The summed E-state index contributed by atoms with van der Waals surface area (Å²) in [6.07, 6.45) is 4.95. The molecule has 1 heterocycles. The maximum Gasteiger partial charge on any atom is 0.304 e. The number of hydrogen-bond donors (Lipinski definition) is 1. The highest BCUT2D eigenvalue weighted by atomic mass is 32.1. The largest absolute Gasteiger partial charge is 0.497 e. The lowest BCUT2D eigenvalue weighted by atomic mass is 9.92. The number of rotatable bonds is 8. The molecule has 1 unspecified atom stereocenters. The first kappa shape index (κ1) is 18.9. The number of carbonyl (C=O) groups is 1. The van der Waals surface area contributed by atoms with E-state index in [-0.39, 0.29) is 12.3 Å². The molecule has 0 spiro atoms. The van der Waals surface area contributed by atoms with E-state index in [9.17, 15) is 9.90 Å². The molecule has 2 aromatic carbocycles. The van der Waals surface area contributed by atoms with Crippen molar-refractivity contribution in [3.05, 3.63) is 87.6 Å². The van der Waals surface area contributed by atoms with Gasteiger partial charge in [-0.1, -0.05) is 54.6 Å². The van der Waals surface area contributed by atoms with Gasteiger partial charge >= 0.3 is 5.97 Å². The van der Waals surface area contributed by atoms with Crippen LogP contribution in [0.2, 0.25) is 0 Å². The molecule has 4 heteroatoms. The molecule has 27 heavy (non-hydrogen) atoms. The average Bonchev–Trinajstić information content (AvgIpc) is 3.15. The van der Waals surface area contributed by atoms with Gasteiger partial charge in [0, 0.05) is 10.8 Å². The molecular weight excluding hydrogens is 356 g/mol. The van der Waals surface area contributed by atoms with Crippen LogP contribution in [0.25, 0.3) is 12.2 Å². The molecule has 1 aromatic heterocycles. The summed E-state index contributed by atoms with van der Waals surface area (Å²) in [6, 6.07) is 20.0. The zero-order valence-corrected chi connectivity index (χ0v) is 16.0. The van der Waals surface area contributed by atoms with Gasteiger partial charge in [0.1, 0.15) is 5.75 Å². The lowest BCUT2D eigenvalue weighted by Crippen LogP contribution is -2.09. The molecule has 3 aromatic rings. The third kappa shape index (κ3) is 5.31. The van der Waals surface area contributed by atoms with Crippen LogP contribution in [0.15, 0.2) is 66.0 Å². The Morgan fingerprint density at radius 1 is 1.07 bits per heavy atom. The first-order valence-corrected chi connectivity index (χ1v) is 9.69. The molecule has 1 N–H and O–H groups in total. The van der Waals surface area contributed by atoms with Gasteiger partial charge in [-0.25, -0.2) is 0 Å². The molecule has 0 bridgehead atoms. The first-order valence-electron chi connectivity index (χ1n) is 8.81. The monoisotopic (exact) mass is 378 g/mol. The van der Waals surface area contributed by atoms with Crippen molar-refractivity contribution in [2.45, 2.75) is 18.8 Å². The molecule has 0 saturated heterocycles. The summed E-state index contributed by atoms with van der Waals surface area (Å²) >= 11 is 1.63. The Morgan fingerprint density at radius 2 is 1.81 bits per heavy atom. The standard InChI is InChI=1S/C23H22O3S/c1-26-21-11-8-17(9-12-21)7-10-19-13-14-27-23(19)20(16-22(24)25)15-18-5-3-2-4-6-18/h2-14,20H,15-16H2,1H3,(H,24,25). The van der Waals surface area contributed by atoms with Crippen LogP contribution in [0.1, 0.15) is 33.9 Å². The number of benzene rings is 2. The third-order valence-corrected chi connectivity index (χ3v) is 5.51. The number of hydrogen-bond acceptors (Lipinski definition) is 3. The van der Waals surface area contributed by atoms with E-state index >= 15 is 0 Å². The molecule has 0 fully saturated rings. The zero-order valence-electron chi connectivity index (χ0n) is 15.2. The molecule has 3 rings (SSSR count). The molecule has 0 aliphatic heterocycles. The summed E-state index contributed by atoms with van der Waals surface area (Å²) in [5, 5.41) is 11.4. The van der Waals surface area contributed by atoms with Crippen LogP contribution in [0.5, 0.6) is 5.75 Å². The van der Waals surface area contributed by atoms with Gasteiger partial charge in [-0.3, -0.25) is 4.79 Å². The van der Waals surface area contributed by atoms with Crippen LogP contribution in [-0.4, -0.2) is 18.2 Å². The number of ether oxygens (including phenoxy) is 1. The third-order valence-electron chi connectivity index (χ3n) is 4.42. The van der Waals surface area contributed by atoms with E-state index in [4.69, 9.17) is 4.74 Å². The fourth-order valence-electron chi connectivity index (χ4n) is 3.07. The number of thiophene rings is 1. The molecule has 0 saturated carbocycles. The second-order valence-electron chi connectivity index (χ2n) is 6.33.